The number of likely N-dealkylation sites (tertiary alicyclic amines) is 1. The number of amides is 1. The van der Waals surface area contributed by atoms with Crippen molar-refractivity contribution in [2.75, 3.05) is 24.5 Å². The van der Waals surface area contributed by atoms with E-state index >= 15 is 0 Å². The van der Waals surface area contributed by atoms with Crippen LogP contribution in [0.25, 0.3) is 0 Å². The van der Waals surface area contributed by atoms with Crippen LogP contribution >= 0.6 is 0 Å². The topological polar surface area (TPSA) is 40.6 Å². The lowest BCUT2D eigenvalue weighted by atomic mass is 9.90. The summed E-state index contributed by atoms with van der Waals surface area (Å²) in [5, 5.41) is 0. The van der Waals surface area contributed by atoms with Crippen molar-refractivity contribution in [1.82, 2.24) is 4.90 Å². The number of benzene rings is 2. The van der Waals surface area contributed by atoms with Gasteiger partial charge in [0.05, 0.1) is 0 Å². The molecule has 0 bridgehead atoms. The van der Waals surface area contributed by atoms with Gasteiger partial charge in [0.15, 0.2) is 5.78 Å². The minimum Gasteiger partial charge on any atom is -0.312 e. The molecule has 2 aliphatic rings. The highest BCUT2D eigenvalue weighted by molar-refractivity contribution is 5.99. The summed E-state index contributed by atoms with van der Waals surface area (Å²) in [6.07, 6.45) is 6.99. The van der Waals surface area contributed by atoms with Gasteiger partial charge in [-0.3, -0.25) is 14.5 Å². The summed E-state index contributed by atoms with van der Waals surface area (Å²) in [4.78, 5) is 29.4. The molecule has 164 valence electrons. The van der Waals surface area contributed by atoms with Crippen LogP contribution < -0.4 is 4.90 Å². The van der Waals surface area contributed by atoms with Crippen LogP contribution in [0, 0.1) is 5.92 Å². The molecular weight excluding hydrogens is 384 g/mol. The molecule has 4 nitrogen and oxygen atoms in total. The predicted octanol–water partition coefficient (Wildman–Crippen LogP) is 5.25. The molecule has 0 radical (unpaired) electrons. The first kappa shape index (κ1) is 21.8. The van der Waals surface area contributed by atoms with Crippen LogP contribution in [0.3, 0.4) is 0 Å². The second-order valence-electron chi connectivity index (χ2n) is 9.14. The number of fused-ring (bicyclic) bond motifs is 1. The summed E-state index contributed by atoms with van der Waals surface area (Å²) in [6.45, 7) is 5.61. The third kappa shape index (κ3) is 5.62. The fraction of sp³-hybridized carbons (Fsp3) is 0.481. The van der Waals surface area contributed by atoms with Crippen molar-refractivity contribution in [3.63, 3.8) is 0 Å². The molecule has 0 N–H and O–H groups in total. The number of anilines is 1. The maximum atomic E-state index is 12.9. The average molecular weight is 419 g/mol. The van der Waals surface area contributed by atoms with E-state index in [0.29, 0.717) is 12.3 Å². The van der Waals surface area contributed by atoms with E-state index in [9.17, 15) is 9.59 Å². The van der Waals surface area contributed by atoms with E-state index in [4.69, 9.17) is 0 Å². The third-order valence-corrected chi connectivity index (χ3v) is 6.89. The first-order chi connectivity index (χ1) is 15.1. The van der Waals surface area contributed by atoms with Crippen molar-refractivity contribution >= 4 is 17.4 Å². The molecule has 1 amide bonds. The van der Waals surface area contributed by atoms with Crippen molar-refractivity contribution in [2.45, 2.75) is 58.4 Å². The van der Waals surface area contributed by atoms with Crippen LogP contribution in [0.5, 0.6) is 0 Å². The zero-order chi connectivity index (χ0) is 21.6. The minimum atomic E-state index is 0.0648. The maximum absolute atomic E-state index is 12.9. The van der Waals surface area contributed by atoms with Gasteiger partial charge >= 0.3 is 0 Å². The molecule has 4 heteroatoms. The van der Waals surface area contributed by atoms with Crippen molar-refractivity contribution in [3.8, 4) is 0 Å². The Morgan fingerprint density at radius 3 is 2.48 bits per heavy atom. The first-order valence-corrected chi connectivity index (χ1v) is 11.8. The van der Waals surface area contributed by atoms with Gasteiger partial charge in [-0.1, -0.05) is 42.5 Å². The van der Waals surface area contributed by atoms with Crippen molar-refractivity contribution < 1.29 is 9.59 Å². The fourth-order valence-electron chi connectivity index (χ4n) is 4.99. The van der Waals surface area contributed by atoms with E-state index in [1.54, 1.807) is 6.92 Å². The van der Waals surface area contributed by atoms with Gasteiger partial charge in [0.1, 0.15) is 0 Å². The molecular formula is C27H34N2O2. The Morgan fingerprint density at radius 1 is 0.968 bits per heavy atom. The summed E-state index contributed by atoms with van der Waals surface area (Å²) >= 11 is 0. The standard InChI is InChI=1S/C27H34N2O2/c1-21(30)29-16-6-5-9-24-11-12-25(19-26(24)29)27(31)13-10-22-14-17-28(18-15-22)20-23-7-3-2-4-8-23/h2-4,7-8,11-12,19,22H,5-6,9-10,13-18,20H2,1H3. The van der Waals surface area contributed by atoms with Gasteiger partial charge in [0.2, 0.25) is 5.91 Å². The monoisotopic (exact) mass is 418 g/mol. The Labute approximate surface area is 186 Å². The number of rotatable bonds is 6. The highest BCUT2D eigenvalue weighted by Crippen LogP contribution is 2.29. The molecule has 31 heavy (non-hydrogen) atoms. The van der Waals surface area contributed by atoms with Gasteiger partial charge in [-0.25, -0.2) is 0 Å². The lowest BCUT2D eigenvalue weighted by Gasteiger charge is -2.32. The van der Waals surface area contributed by atoms with Crippen molar-refractivity contribution in [2.24, 2.45) is 5.92 Å². The van der Waals surface area contributed by atoms with E-state index in [1.165, 1.54) is 24.0 Å². The van der Waals surface area contributed by atoms with Gasteiger partial charge < -0.3 is 4.90 Å². The highest BCUT2D eigenvalue weighted by Gasteiger charge is 2.22. The minimum absolute atomic E-state index is 0.0648. The Morgan fingerprint density at radius 2 is 1.74 bits per heavy atom. The second kappa shape index (κ2) is 10.2. The smallest absolute Gasteiger partial charge is 0.223 e. The van der Waals surface area contributed by atoms with Gasteiger partial charge in [-0.05, 0) is 74.7 Å². The molecule has 0 aromatic heterocycles. The van der Waals surface area contributed by atoms with E-state index in [2.05, 4.69) is 41.3 Å². The first-order valence-electron chi connectivity index (χ1n) is 11.8. The zero-order valence-electron chi connectivity index (χ0n) is 18.7. The fourth-order valence-corrected chi connectivity index (χ4v) is 4.99. The Balaban J connectivity index is 1.30. The van der Waals surface area contributed by atoms with Crippen LogP contribution in [-0.4, -0.2) is 36.2 Å². The summed E-state index contributed by atoms with van der Waals surface area (Å²) in [5.41, 5.74) is 4.27. The number of piperidine rings is 1. The third-order valence-electron chi connectivity index (χ3n) is 6.89. The summed E-state index contributed by atoms with van der Waals surface area (Å²) in [6, 6.07) is 16.6. The number of ketones is 1. The second-order valence-corrected chi connectivity index (χ2v) is 9.14. The van der Waals surface area contributed by atoms with Gasteiger partial charge in [0.25, 0.3) is 0 Å². The zero-order valence-corrected chi connectivity index (χ0v) is 18.7. The molecule has 1 saturated heterocycles. The van der Waals surface area contributed by atoms with Crippen LogP contribution in [0.15, 0.2) is 48.5 Å². The van der Waals surface area contributed by atoms with E-state index in [1.807, 2.05) is 17.0 Å². The molecule has 0 saturated carbocycles. The number of Topliss-reactive ketones (excluding diaryl/α,β-unsaturated/α-hetero) is 1. The average Bonchev–Trinajstić information content (AvgIpc) is 3.01. The molecule has 2 aliphatic heterocycles. The van der Waals surface area contributed by atoms with Gasteiger partial charge in [-0.2, -0.15) is 0 Å². The lowest BCUT2D eigenvalue weighted by molar-refractivity contribution is -0.116. The molecule has 2 aromatic rings. The van der Waals surface area contributed by atoms with E-state index in [-0.39, 0.29) is 11.7 Å². The van der Waals surface area contributed by atoms with Crippen LogP contribution in [0.2, 0.25) is 0 Å². The molecule has 2 aromatic carbocycles. The van der Waals surface area contributed by atoms with Crippen LogP contribution in [-0.2, 0) is 17.8 Å². The Kier molecular flexibility index (Phi) is 7.18. The SMILES string of the molecule is CC(=O)N1CCCCc2ccc(C(=O)CCC3CCN(Cc4ccccc4)CC3)cc21. The number of aryl methyl sites for hydroxylation is 1. The lowest BCUT2D eigenvalue weighted by Crippen LogP contribution is -2.33. The van der Waals surface area contributed by atoms with E-state index < -0.39 is 0 Å². The largest absolute Gasteiger partial charge is 0.312 e. The maximum Gasteiger partial charge on any atom is 0.223 e. The quantitative estimate of drug-likeness (QED) is 0.602. The van der Waals surface area contributed by atoms with Crippen LogP contribution in [0.4, 0.5) is 5.69 Å². The molecule has 0 spiro atoms. The molecule has 1 fully saturated rings. The highest BCUT2D eigenvalue weighted by atomic mass is 16.2. The number of nitrogens with zero attached hydrogens (tertiary/aromatic N) is 2. The van der Waals surface area contributed by atoms with Gasteiger partial charge in [0, 0.05) is 37.7 Å². The number of hydrogen-bond acceptors (Lipinski definition) is 3. The molecule has 0 unspecified atom stereocenters. The molecule has 0 aliphatic carbocycles. The van der Waals surface area contributed by atoms with Crippen molar-refractivity contribution in [1.29, 1.82) is 0 Å². The molecule has 0 atom stereocenters. The normalized spacial score (nSPS) is 17.8. The Hall–Kier alpha value is -2.46. The number of carbonyl (C=O) groups excluding carboxylic acids is 2. The number of carbonyl (C=O) groups is 2. The number of hydrogen-bond donors (Lipinski definition) is 0. The van der Waals surface area contributed by atoms with E-state index in [0.717, 1.165) is 63.1 Å². The van der Waals surface area contributed by atoms with Crippen molar-refractivity contribution in [3.05, 3.63) is 65.2 Å². The van der Waals surface area contributed by atoms with Gasteiger partial charge in [-0.15, -0.1) is 0 Å². The molecule has 2 heterocycles. The van der Waals surface area contributed by atoms with Crippen LogP contribution in [0.1, 0.15) is 66.9 Å². The summed E-state index contributed by atoms with van der Waals surface area (Å²) in [5.74, 6) is 0.905. The predicted molar refractivity (Wildman–Crippen MR) is 125 cm³/mol. The summed E-state index contributed by atoms with van der Waals surface area (Å²) in [7, 11) is 0. The Bertz CT molecular complexity index is 901. The molecule has 4 rings (SSSR count). The summed E-state index contributed by atoms with van der Waals surface area (Å²) < 4.78 is 0.